The standard InChI is InChI=1S/C15H23N3O/c1-2-14(19)6-5-9-17-10-12-18(13-11-17)15-7-3-4-8-16-15/h3-4,7-8H,2,5-6,9-13H2,1H3. The maximum Gasteiger partial charge on any atom is 0.132 e. The van der Waals surface area contributed by atoms with Crippen molar-refractivity contribution in [3.8, 4) is 0 Å². The van der Waals surface area contributed by atoms with Gasteiger partial charge in [0.25, 0.3) is 0 Å². The van der Waals surface area contributed by atoms with Crippen LogP contribution in [0.3, 0.4) is 0 Å². The van der Waals surface area contributed by atoms with Crippen molar-refractivity contribution in [1.82, 2.24) is 9.88 Å². The van der Waals surface area contributed by atoms with Crippen LogP contribution in [0.15, 0.2) is 24.4 Å². The fourth-order valence-electron chi connectivity index (χ4n) is 2.42. The first-order valence-electron chi connectivity index (χ1n) is 7.19. The molecule has 0 bridgehead atoms. The highest BCUT2D eigenvalue weighted by atomic mass is 16.1. The Morgan fingerprint density at radius 1 is 1.26 bits per heavy atom. The quantitative estimate of drug-likeness (QED) is 0.784. The molecule has 1 fully saturated rings. The fraction of sp³-hybridized carbons (Fsp3) is 0.600. The number of aromatic nitrogens is 1. The molecular weight excluding hydrogens is 238 g/mol. The monoisotopic (exact) mass is 261 g/mol. The van der Waals surface area contributed by atoms with Crippen LogP contribution in [0, 0.1) is 0 Å². The summed E-state index contributed by atoms with van der Waals surface area (Å²) in [6, 6.07) is 6.05. The van der Waals surface area contributed by atoms with Crippen LogP contribution in [0.5, 0.6) is 0 Å². The SMILES string of the molecule is CCC(=O)CCCN1CCN(c2ccccn2)CC1. The number of rotatable bonds is 6. The van der Waals surface area contributed by atoms with Crippen LogP contribution in [-0.4, -0.2) is 48.4 Å². The van der Waals surface area contributed by atoms with Gasteiger partial charge in [-0.1, -0.05) is 13.0 Å². The molecule has 1 aliphatic rings. The van der Waals surface area contributed by atoms with Crippen LogP contribution in [0.1, 0.15) is 26.2 Å². The second-order valence-electron chi connectivity index (χ2n) is 5.01. The van der Waals surface area contributed by atoms with Crippen LogP contribution in [0.25, 0.3) is 0 Å². The van der Waals surface area contributed by atoms with Crippen LogP contribution >= 0.6 is 0 Å². The smallest absolute Gasteiger partial charge is 0.132 e. The van der Waals surface area contributed by atoms with Crippen molar-refractivity contribution in [2.24, 2.45) is 0 Å². The van der Waals surface area contributed by atoms with Crippen LogP contribution < -0.4 is 4.90 Å². The Morgan fingerprint density at radius 3 is 2.68 bits per heavy atom. The summed E-state index contributed by atoms with van der Waals surface area (Å²) in [5.41, 5.74) is 0. The Hall–Kier alpha value is -1.42. The minimum Gasteiger partial charge on any atom is -0.354 e. The normalized spacial score (nSPS) is 16.6. The minimum absolute atomic E-state index is 0.382. The third-order valence-electron chi connectivity index (χ3n) is 3.67. The lowest BCUT2D eigenvalue weighted by molar-refractivity contribution is -0.118. The number of piperazine rings is 1. The van der Waals surface area contributed by atoms with E-state index in [2.05, 4.69) is 20.9 Å². The zero-order chi connectivity index (χ0) is 13.5. The van der Waals surface area contributed by atoms with Gasteiger partial charge in [0.05, 0.1) is 0 Å². The van der Waals surface area contributed by atoms with E-state index in [1.165, 1.54) is 0 Å². The predicted molar refractivity (Wildman–Crippen MR) is 77.4 cm³/mol. The van der Waals surface area contributed by atoms with E-state index in [0.29, 0.717) is 12.2 Å². The van der Waals surface area contributed by atoms with Crippen LogP contribution in [-0.2, 0) is 4.79 Å². The molecule has 19 heavy (non-hydrogen) atoms. The lowest BCUT2D eigenvalue weighted by Crippen LogP contribution is -2.46. The largest absolute Gasteiger partial charge is 0.354 e. The van der Waals surface area contributed by atoms with Crippen molar-refractivity contribution in [2.45, 2.75) is 26.2 Å². The first kappa shape index (κ1) is 14.0. The number of carbonyl (C=O) groups is 1. The number of ketones is 1. The Bertz CT molecular complexity index is 386. The molecule has 1 aromatic rings. The molecule has 0 unspecified atom stereocenters. The van der Waals surface area contributed by atoms with Crippen LogP contribution in [0.4, 0.5) is 5.82 Å². The third-order valence-corrected chi connectivity index (χ3v) is 3.67. The number of nitrogens with zero attached hydrogens (tertiary/aromatic N) is 3. The van der Waals surface area contributed by atoms with E-state index >= 15 is 0 Å². The summed E-state index contributed by atoms with van der Waals surface area (Å²) in [4.78, 5) is 20.4. The second kappa shape index (κ2) is 7.24. The average Bonchev–Trinajstić information content (AvgIpc) is 2.48. The Kier molecular flexibility index (Phi) is 5.33. The highest BCUT2D eigenvalue weighted by molar-refractivity contribution is 5.77. The molecule has 4 heteroatoms. The molecule has 1 aromatic heterocycles. The van der Waals surface area contributed by atoms with Crippen molar-refractivity contribution < 1.29 is 4.79 Å². The molecule has 0 aromatic carbocycles. The fourth-order valence-corrected chi connectivity index (χ4v) is 2.42. The summed E-state index contributed by atoms with van der Waals surface area (Å²) in [5, 5.41) is 0. The third kappa shape index (κ3) is 4.31. The second-order valence-corrected chi connectivity index (χ2v) is 5.01. The molecule has 104 valence electrons. The van der Waals surface area contributed by atoms with E-state index in [4.69, 9.17) is 0 Å². The van der Waals surface area contributed by atoms with Gasteiger partial charge in [-0.3, -0.25) is 9.69 Å². The first-order chi connectivity index (χ1) is 9.29. The molecule has 4 nitrogen and oxygen atoms in total. The zero-order valence-electron chi connectivity index (χ0n) is 11.7. The molecule has 0 atom stereocenters. The maximum absolute atomic E-state index is 11.3. The topological polar surface area (TPSA) is 36.4 Å². The van der Waals surface area contributed by atoms with Gasteiger partial charge in [-0.25, -0.2) is 4.98 Å². The van der Waals surface area contributed by atoms with Crippen LogP contribution in [0.2, 0.25) is 0 Å². The van der Waals surface area contributed by atoms with Gasteiger partial charge in [-0.15, -0.1) is 0 Å². The van der Waals surface area contributed by atoms with E-state index in [9.17, 15) is 4.79 Å². The Balaban J connectivity index is 1.69. The van der Waals surface area contributed by atoms with Crippen molar-refractivity contribution in [3.05, 3.63) is 24.4 Å². The molecule has 0 radical (unpaired) electrons. The lowest BCUT2D eigenvalue weighted by atomic mass is 10.1. The molecular formula is C15H23N3O. The number of hydrogen-bond acceptors (Lipinski definition) is 4. The van der Waals surface area contributed by atoms with E-state index in [0.717, 1.165) is 51.4 Å². The van der Waals surface area contributed by atoms with Crippen molar-refractivity contribution in [3.63, 3.8) is 0 Å². The number of Topliss-reactive ketones (excluding diaryl/α,β-unsaturated/α-hetero) is 1. The molecule has 0 spiro atoms. The minimum atomic E-state index is 0.382. The zero-order valence-corrected chi connectivity index (χ0v) is 11.7. The van der Waals surface area contributed by atoms with E-state index in [1.807, 2.05) is 25.3 Å². The highest BCUT2D eigenvalue weighted by Gasteiger charge is 2.17. The highest BCUT2D eigenvalue weighted by Crippen LogP contribution is 2.12. The molecule has 2 heterocycles. The van der Waals surface area contributed by atoms with Crippen molar-refractivity contribution in [2.75, 3.05) is 37.6 Å². The summed E-state index contributed by atoms with van der Waals surface area (Å²) in [6.07, 6.45) is 4.25. The van der Waals surface area contributed by atoms with Gasteiger partial charge in [-0.05, 0) is 25.1 Å². The van der Waals surface area contributed by atoms with Gasteiger partial charge in [0.15, 0.2) is 0 Å². The van der Waals surface area contributed by atoms with Gasteiger partial charge in [0, 0.05) is 45.2 Å². The Morgan fingerprint density at radius 2 is 2.05 bits per heavy atom. The van der Waals surface area contributed by atoms with E-state index in [-0.39, 0.29) is 0 Å². The number of hydrogen-bond donors (Lipinski definition) is 0. The summed E-state index contributed by atoms with van der Waals surface area (Å²) in [7, 11) is 0. The predicted octanol–water partition coefficient (Wildman–Crippen LogP) is 1.96. The van der Waals surface area contributed by atoms with Gasteiger partial charge in [-0.2, -0.15) is 0 Å². The van der Waals surface area contributed by atoms with Gasteiger partial charge < -0.3 is 4.90 Å². The summed E-state index contributed by atoms with van der Waals surface area (Å²) in [6.45, 7) is 7.17. The van der Waals surface area contributed by atoms with Gasteiger partial charge in [0.1, 0.15) is 11.6 Å². The molecule has 0 N–H and O–H groups in total. The summed E-state index contributed by atoms with van der Waals surface area (Å²) in [5.74, 6) is 1.45. The first-order valence-corrected chi connectivity index (χ1v) is 7.19. The van der Waals surface area contributed by atoms with Gasteiger partial charge >= 0.3 is 0 Å². The number of pyridine rings is 1. The molecule has 0 saturated carbocycles. The molecule has 1 saturated heterocycles. The molecule has 0 amide bonds. The summed E-state index contributed by atoms with van der Waals surface area (Å²) < 4.78 is 0. The number of carbonyl (C=O) groups excluding carboxylic acids is 1. The van der Waals surface area contributed by atoms with Crippen molar-refractivity contribution >= 4 is 11.6 Å². The Labute approximate surface area is 115 Å². The van der Waals surface area contributed by atoms with Gasteiger partial charge in [0.2, 0.25) is 0 Å². The average molecular weight is 261 g/mol. The van der Waals surface area contributed by atoms with E-state index in [1.54, 1.807) is 0 Å². The summed E-state index contributed by atoms with van der Waals surface area (Å²) >= 11 is 0. The lowest BCUT2D eigenvalue weighted by Gasteiger charge is -2.35. The van der Waals surface area contributed by atoms with Crippen molar-refractivity contribution in [1.29, 1.82) is 0 Å². The molecule has 2 rings (SSSR count). The molecule has 0 aliphatic carbocycles. The number of anilines is 1. The maximum atomic E-state index is 11.3. The molecule has 1 aliphatic heterocycles. The van der Waals surface area contributed by atoms with E-state index < -0.39 is 0 Å².